The molecule has 1 rings (SSSR count). The number of ketones is 1. The van der Waals surface area contributed by atoms with Gasteiger partial charge < -0.3 is 10.5 Å². The molecule has 1 atom stereocenters. The van der Waals surface area contributed by atoms with Gasteiger partial charge in [-0.25, -0.2) is 0 Å². The third-order valence-electron chi connectivity index (χ3n) is 1.84. The molecule has 1 aromatic rings. The molecule has 0 aromatic heterocycles. The second-order valence-electron chi connectivity index (χ2n) is 3.03. The lowest BCUT2D eigenvalue weighted by atomic mass is 10.2. The first-order valence-electron chi connectivity index (χ1n) is 4.37. The minimum absolute atomic E-state index is 0.122. The van der Waals surface area contributed by atoms with Crippen LogP contribution in [0.1, 0.15) is 6.92 Å². The smallest absolute Gasteiger partial charge is 0.171 e. The number of Topliss-reactive ketones (excluding diaryl/α,β-unsaturated/α-hetero) is 1. The molecule has 0 radical (unpaired) electrons. The van der Waals surface area contributed by atoms with Gasteiger partial charge in [0.1, 0.15) is 5.75 Å². The van der Waals surface area contributed by atoms with Gasteiger partial charge in [0.15, 0.2) is 11.9 Å². The van der Waals surface area contributed by atoms with E-state index in [4.69, 9.17) is 33.7 Å². The highest BCUT2D eigenvalue weighted by atomic mass is 35.5. The number of carbonyl (C=O) groups is 1. The van der Waals surface area contributed by atoms with E-state index in [1.165, 1.54) is 6.92 Å². The van der Waals surface area contributed by atoms with Gasteiger partial charge in [0.05, 0.1) is 10.0 Å². The molecule has 0 fully saturated rings. The molecule has 0 heterocycles. The maximum absolute atomic E-state index is 11.1. The Morgan fingerprint density at radius 2 is 2.13 bits per heavy atom. The van der Waals surface area contributed by atoms with Gasteiger partial charge in [-0.1, -0.05) is 23.2 Å². The Morgan fingerprint density at radius 3 is 2.60 bits per heavy atom. The number of benzene rings is 1. The number of nitrogens with two attached hydrogens (primary N) is 1. The molecule has 1 aromatic carbocycles. The first kappa shape index (κ1) is 12.3. The summed E-state index contributed by atoms with van der Waals surface area (Å²) in [5.41, 5.74) is 5.38. The van der Waals surface area contributed by atoms with Crippen LogP contribution >= 0.6 is 23.2 Å². The SMILES string of the molecule is CC(=O)C(CN)Oc1ccc(Cl)c(Cl)c1. The Balaban J connectivity index is 2.80. The van der Waals surface area contributed by atoms with Gasteiger partial charge in [-0.2, -0.15) is 0 Å². The molecule has 0 aliphatic heterocycles. The van der Waals surface area contributed by atoms with Crippen molar-refractivity contribution in [2.75, 3.05) is 6.54 Å². The van der Waals surface area contributed by atoms with Crippen molar-refractivity contribution >= 4 is 29.0 Å². The fraction of sp³-hybridized carbons (Fsp3) is 0.300. The highest BCUT2D eigenvalue weighted by Gasteiger charge is 2.14. The molecule has 0 aliphatic rings. The second kappa shape index (κ2) is 5.35. The van der Waals surface area contributed by atoms with Crippen molar-refractivity contribution in [3.8, 4) is 5.75 Å². The van der Waals surface area contributed by atoms with Gasteiger partial charge in [0.2, 0.25) is 0 Å². The van der Waals surface area contributed by atoms with Crippen LogP contribution in [0, 0.1) is 0 Å². The number of halogens is 2. The lowest BCUT2D eigenvalue weighted by molar-refractivity contribution is -0.123. The Kier molecular flexibility index (Phi) is 4.39. The zero-order chi connectivity index (χ0) is 11.4. The van der Waals surface area contributed by atoms with E-state index in [0.717, 1.165) is 0 Å². The van der Waals surface area contributed by atoms with Crippen molar-refractivity contribution in [3.63, 3.8) is 0 Å². The molecule has 15 heavy (non-hydrogen) atoms. The fourth-order valence-electron chi connectivity index (χ4n) is 1.01. The summed E-state index contributed by atoms with van der Waals surface area (Å²) in [7, 11) is 0. The summed E-state index contributed by atoms with van der Waals surface area (Å²) in [5.74, 6) is 0.360. The Labute approximate surface area is 98.1 Å². The van der Waals surface area contributed by atoms with E-state index in [1.807, 2.05) is 0 Å². The topological polar surface area (TPSA) is 52.3 Å². The van der Waals surface area contributed by atoms with Crippen LogP contribution in [0.4, 0.5) is 0 Å². The summed E-state index contributed by atoms with van der Waals surface area (Å²) in [5, 5.41) is 0.824. The van der Waals surface area contributed by atoms with Crippen LogP contribution < -0.4 is 10.5 Å². The highest BCUT2D eigenvalue weighted by Crippen LogP contribution is 2.26. The summed E-state index contributed by atoms with van der Waals surface area (Å²) < 4.78 is 5.34. The highest BCUT2D eigenvalue weighted by molar-refractivity contribution is 6.42. The van der Waals surface area contributed by atoms with Crippen LogP contribution in [0.5, 0.6) is 5.75 Å². The van der Waals surface area contributed by atoms with Crippen LogP contribution in [0.2, 0.25) is 10.0 Å². The van der Waals surface area contributed by atoms with Crippen molar-refractivity contribution in [2.45, 2.75) is 13.0 Å². The first-order chi connectivity index (χ1) is 7.04. The third-order valence-corrected chi connectivity index (χ3v) is 2.58. The van der Waals surface area contributed by atoms with Crippen LogP contribution in [0.15, 0.2) is 18.2 Å². The average molecular weight is 248 g/mol. The summed E-state index contributed by atoms with van der Waals surface area (Å²) in [6.07, 6.45) is -0.637. The number of hydrogen-bond acceptors (Lipinski definition) is 3. The lowest BCUT2D eigenvalue weighted by Gasteiger charge is -2.14. The largest absolute Gasteiger partial charge is 0.481 e. The molecule has 0 bridgehead atoms. The molecular formula is C10H11Cl2NO2. The second-order valence-corrected chi connectivity index (χ2v) is 3.84. The predicted octanol–water partition coefficient (Wildman–Crippen LogP) is 2.29. The summed E-state index contributed by atoms with van der Waals surface area (Å²) in [6.45, 7) is 1.56. The van der Waals surface area contributed by atoms with E-state index in [-0.39, 0.29) is 12.3 Å². The standard InChI is InChI=1S/C10H11Cl2NO2/c1-6(14)10(5-13)15-7-2-3-8(11)9(12)4-7/h2-4,10H,5,13H2,1H3. The number of hydrogen-bond donors (Lipinski definition) is 1. The van der Waals surface area contributed by atoms with E-state index < -0.39 is 6.10 Å². The maximum Gasteiger partial charge on any atom is 0.171 e. The molecule has 82 valence electrons. The zero-order valence-corrected chi connectivity index (χ0v) is 9.68. The Hall–Kier alpha value is -0.770. The average Bonchev–Trinajstić information content (AvgIpc) is 2.19. The Morgan fingerprint density at radius 1 is 1.47 bits per heavy atom. The maximum atomic E-state index is 11.1. The van der Waals surface area contributed by atoms with Gasteiger partial charge in [-0.05, 0) is 19.1 Å². The molecule has 0 spiro atoms. The van der Waals surface area contributed by atoms with Crippen molar-refractivity contribution < 1.29 is 9.53 Å². The van der Waals surface area contributed by atoms with E-state index >= 15 is 0 Å². The Bertz CT molecular complexity index is 368. The van der Waals surface area contributed by atoms with E-state index in [0.29, 0.717) is 15.8 Å². The summed E-state index contributed by atoms with van der Waals surface area (Å²) in [4.78, 5) is 11.1. The molecule has 5 heteroatoms. The summed E-state index contributed by atoms with van der Waals surface area (Å²) in [6, 6.07) is 4.79. The van der Waals surface area contributed by atoms with Gasteiger partial charge in [0.25, 0.3) is 0 Å². The molecule has 3 nitrogen and oxygen atoms in total. The van der Waals surface area contributed by atoms with Crippen LogP contribution in [-0.4, -0.2) is 18.4 Å². The monoisotopic (exact) mass is 247 g/mol. The molecule has 0 saturated carbocycles. The van der Waals surface area contributed by atoms with Crippen molar-refractivity contribution in [1.29, 1.82) is 0 Å². The molecule has 0 aliphatic carbocycles. The van der Waals surface area contributed by atoms with E-state index in [2.05, 4.69) is 0 Å². The van der Waals surface area contributed by atoms with E-state index in [9.17, 15) is 4.79 Å². The summed E-state index contributed by atoms with van der Waals surface area (Å²) >= 11 is 11.5. The number of rotatable bonds is 4. The van der Waals surface area contributed by atoms with Crippen molar-refractivity contribution in [1.82, 2.24) is 0 Å². The van der Waals surface area contributed by atoms with Gasteiger partial charge in [-0.15, -0.1) is 0 Å². The van der Waals surface area contributed by atoms with Gasteiger partial charge in [-0.3, -0.25) is 4.79 Å². The van der Waals surface area contributed by atoms with Crippen LogP contribution in [0.3, 0.4) is 0 Å². The van der Waals surface area contributed by atoms with E-state index in [1.54, 1.807) is 18.2 Å². The third kappa shape index (κ3) is 3.38. The quantitative estimate of drug-likeness (QED) is 0.889. The molecular weight excluding hydrogens is 237 g/mol. The number of ether oxygens (including phenoxy) is 1. The molecule has 2 N–H and O–H groups in total. The predicted molar refractivity (Wildman–Crippen MR) is 60.6 cm³/mol. The van der Waals surface area contributed by atoms with Crippen molar-refractivity contribution in [3.05, 3.63) is 28.2 Å². The van der Waals surface area contributed by atoms with Crippen LogP contribution in [-0.2, 0) is 4.79 Å². The minimum atomic E-state index is -0.637. The molecule has 1 unspecified atom stereocenters. The number of carbonyl (C=O) groups excluding carboxylic acids is 1. The zero-order valence-electron chi connectivity index (χ0n) is 8.17. The first-order valence-corrected chi connectivity index (χ1v) is 5.12. The minimum Gasteiger partial charge on any atom is -0.481 e. The normalized spacial score (nSPS) is 12.3. The van der Waals surface area contributed by atoms with Crippen LogP contribution in [0.25, 0.3) is 0 Å². The molecule has 0 saturated heterocycles. The van der Waals surface area contributed by atoms with Gasteiger partial charge >= 0.3 is 0 Å². The van der Waals surface area contributed by atoms with Crippen molar-refractivity contribution in [2.24, 2.45) is 5.73 Å². The van der Waals surface area contributed by atoms with Gasteiger partial charge in [0, 0.05) is 12.6 Å². The lowest BCUT2D eigenvalue weighted by Crippen LogP contribution is -2.33. The molecule has 0 amide bonds. The fourth-order valence-corrected chi connectivity index (χ4v) is 1.30.